The van der Waals surface area contributed by atoms with Crippen molar-refractivity contribution in [2.24, 2.45) is 11.8 Å². The number of unbranched alkanes of at least 4 members (excludes halogenated alkanes) is 2. The molecule has 10 nitrogen and oxygen atoms in total. The molecule has 3 amide bonds. The van der Waals surface area contributed by atoms with E-state index in [1.165, 1.54) is 0 Å². The Kier molecular flexibility index (Phi) is 9.89. The molecule has 47 heavy (non-hydrogen) atoms. The van der Waals surface area contributed by atoms with Gasteiger partial charge >= 0.3 is 5.97 Å². The summed E-state index contributed by atoms with van der Waals surface area (Å²) in [5.74, 6) is -3.27. The Balaban J connectivity index is 1.40. The van der Waals surface area contributed by atoms with Crippen LogP contribution < -0.4 is 5.32 Å². The summed E-state index contributed by atoms with van der Waals surface area (Å²) in [6, 6.07) is 17.4. The fourth-order valence-corrected chi connectivity index (χ4v) is 7.48. The predicted molar refractivity (Wildman–Crippen MR) is 173 cm³/mol. The molecule has 2 saturated heterocycles. The maximum atomic E-state index is 14.7. The zero-order valence-electron chi connectivity index (χ0n) is 26.7. The molecule has 2 aromatic rings. The van der Waals surface area contributed by atoms with Gasteiger partial charge in [-0.1, -0.05) is 85.0 Å². The van der Waals surface area contributed by atoms with E-state index < -0.39 is 47.7 Å². The van der Waals surface area contributed by atoms with E-state index in [2.05, 4.69) is 5.32 Å². The monoisotopic (exact) mass is 641 g/mol. The molecule has 2 aromatic carbocycles. The standard InChI is InChI=1S/C37H43N3O7/c1-25-32(27-16-8-3-9-17-27)46-36(45)30-28-19-20-37(47-28)31(30)34(43)40(22-12-5-13-23-41)33(37)35(44)39(24-26-14-6-2-7-15-26)21-11-4-10-18-29(42)38-25/h2-4,6-9,11,14-17,19-20,25,28,30-33,41H,5,10,12-13,18,21-24H2,1H3,(H,38,42)/b11-4-/t25-,28+,30-,31-,32+,33+,37-/m1/s1. The number of allylic oxidation sites excluding steroid dienone is 1. The topological polar surface area (TPSA) is 125 Å². The van der Waals surface area contributed by atoms with Crippen LogP contribution in [0.4, 0.5) is 0 Å². The summed E-state index contributed by atoms with van der Waals surface area (Å²) in [6.07, 6.45) is 8.39. The number of ether oxygens (including phenoxy) is 2. The van der Waals surface area contributed by atoms with E-state index in [0.717, 1.165) is 5.56 Å². The van der Waals surface area contributed by atoms with Crippen molar-refractivity contribution in [2.75, 3.05) is 19.7 Å². The fourth-order valence-electron chi connectivity index (χ4n) is 7.48. The second kappa shape index (κ2) is 14.2. The van der Waals surface area contributed by atoms with Crippen LogP contribution in [-0.2, 0) is 35.2 Å². The Bertz CT molecular complexity index is 1510. The molecule has 0 saturated carbocycles. The van der Waals surface area contributed by atoms with Crippen LogP contribution in [0.15, 0.2) is 85.0 Å². The molecule has 4 heterocycles. The summed E-state index contributed by atoms with van der Waals surface area (Å²) >= 11 is 0. The molecule has 2 fully saturated rings. The summed E-state index contributed by atoms with van der Waals surface area (Å²) in [5, 5.41) is 12.4. The summed E-state index contributed by atoms with van der Waals surface area (Å²) in [6.45, 7) is 2.72. The molecule has 4 aliphatic heterocycles. The minimum atomic E-state index is -1.33. The van der Waals surface area contributed by atoms with Gasteiger partial charge in [0.25, 0.3) is 0 Å². The Morgan fingerprint density at radius 1 is 0.936 bits per heavy atom. The Morgan fingerprint density at radius 2 is 1.68 bits per heavy atom. The number of cyclic esters (lactones) is 1. The van der Waals surface area contributed by atoms with Crippen molar-refractivity contribution in [1.82, 2.24) is 15.1 Å². The van der Waals surface area contributed by atoms with E-state index in [1.54, 1.807) is 22.8 Å². The molecular formula is C37H43N3O7. The lowest BCUT2D eigenvalue weighted by atomic mass is 9.74. The minimum Gasteiger partial charge on any atom is -0.455 e. The van der Waals surface area contributed by atoms with Gasteiger partial charge in [0.1, 0.15) is 23.7 Å². The number of esters is 1. The number of nitrogens with one attached hydrogen (secondary N) is 1. The van der Waals surface area contributed by atoms with Crippen LogP contribution in [0.5, 0.6) is 0 Å². The number of fused-ring (bicyclic) bond motifs is 2. The fraction of sp³-hybridized carbons (Fsp3) is 0.459. The van der Waals surface area contributed by atoms with Gasteiger partial charge < -0.3 is 29.7 Å². The minimum absolute atomic E-state index is 0.0446. The van der Waals surface area contributed by atoms with Crippen LogP contribution in [0, 0.1) is 11.8 Å². The number of hydrogen-bond donors (Lipinski definition) is 2. The molecule has 7 atom stereocenters. The predicted octanol–water partition coefficient (Wildman–Crippen LogP) is 3.47. The molecule has 10 heteroatoms. The highest BCUT2D eigenvalue weighted by molar-refractivity contribution is 5.99. The highest BCUT2D eigenvalue weighted by atomic mass is 16.6. The number of carbonyl (C=O) groups excluding carboxylic acids is 4. The Hall–Kier alpha value is -4.28. The highest BCUT2D eigenvalue weighted by Gasteiger charge is 2.73. The zero-order chi connectivity index (χ0) is 33.0. The molecule has 0 unspecified atom stereocenters. The maximum Gasteiger partial charge on any atom is 0.313 e. The first-order chi connectivity index (χ1) is 22.8. The molecule has 5 bridgehead atoms. The number of hydrogen-bond acceptors (Lipinski definition) is 7. The van der Waals surface area contributed by atoms with Gasteiger partial charge in [-0.15, -0.1) is 0 Å². The van der Waals surface area contributed by atoms with E-state index in [0.29, 0.717) is 44.3 Å². The number of benzene rings is 2. The van der Waals surface area contributed by atoms with E-state index in [1.807, 2.05) is 78.9 Å². The summed E-state index contributed by atoms with van der Waals surface area (Å²) in [5.41, 5.74) is 0.324. The second-order valence-electron chi connectivity index (χ2n) is 12.9. The van der Waals surface area contributed by atoms with Crippen LogP contribution in [0.1, 0.15) is 56.3 Å². The molecule has 0 radical (unpaired) electrons. The van der Waals surface area contributed by atoms with E-state index >= 15 is 0 Å². The van der Waals surface area contributed by atoms with E-state index in [9.17, 15) is 24.3 Å². The Labute approximate surface area is 275 Å². The molecule has 4 aliphatic rings. The van der Waals surface area contributed by atoms with Crippen molar-refractivity contribution in [2.45, 2.75) is 75.5 Å². The van der Waals surface area contributed by atoms with E-state index in [4.69, 9.17) is 9.47 Å². The third kappa shape index (κ3) is 6.49. The number of aliphatic hydroxyl groups excluding tert-OH is 1. The van der Waals surface area contributed by atoms with Crippen LogP contribution in [-0.4, -0.2) is 82.1 Å². The van der Waals surface area contributed by atoms with Gasteiger partial charge in [-0.3, -0.25) is 19.2 Å². The van der Waals surface area contributed by atoms with Gasteiger partial charge in [-0.25, -0.2) is 0 Å². The van der Waals surface area contributed by atoms with Gasteiger partial charge in [0.15, 0.2) is 0 Å². The zero-order valence-corrected chi connectivity index (χ0v) is 26.7. The number of likely N-dealkylation sites (tertiary alicyclic amines) is 1. The molecule has 1 spiro atoms. The number of nitrogens with zero attached hydrogens (tertiary/aromatic N) is 2. The highest BCUT2D eigenvalue weighted by Crippen LogP contribution is 2.56. The Morgan fingerprint density at radius 3 is 2.43 bits per heavy atom. The van der Waals surface area contributed by atoms with Crippen LogP contribution in [0.3, 0.4) is 0 Å². The molecule has 248 valence electrons. The molecule has 6 rings (SSSR count). The average molecular weight is 642 g/mol. The lowest BCUT2D eigenvalue weighted by Crippen LogP contribution is -2.55. The quantitative estimate of drug-likeness (QED) is 0.257. The number of amides is 3. The van der Waals surface area contributed by atoms with Gasteiger partial charge in [-0.2, -0.15) is 0 Å². The first-order valence-corrected chi connectivity index (χ1v) is 16.6. The van der Waals surface area contributed by atoms with Crippen LogP contribution in [0.2, 0.25) is 0 Å². The summed E-state index contributed by atoms with van der Waals surface area (Å²) in [7, 11) is 0. The molecule has 2 N–H and O–H groups in total. The second-order valence-corrected chi connectivity index (χ2v) is 12.9. The lowest BCUT2D eigenvalue weighted by Gasteiger charge is -2.36. The third-order valence-corrected chi connectivity index (χ3v) is 9.71. The van der Waals surface area contributed by atoms with E-state index in [-0.39, 0.29) is 37.3 Å². The third-order valence-electron chi connectivity index (χ3n) is 9.71. The molecular weight excluding hydrogens is 598 g/mol. The van der Waals surface area contributed by atoms with Crippen molar-refractivity contribution >= 4 is 23.7 Å². The van der Waals surface area contributed by atoms with Crippen molar-refractivity contribution < 1.29 is 33.8 Å². The van der Waals surface area contributed by atoms with Crippen molar-refractivity contribution in [3.63, 3.8) is 0 Å². The van der Waals surface area contributed by atoms with Gasteiger partial charge in [0.05, 0.1) is 18.1 Å². The normalized spacial score (nSPS) is 31.5. The van der Waals surface area contributed by atoms with Crippen molar-refractivity contribution in [1.29, 1.82) is 0 Å². The first-order valence-electron chi connectivity index (χ1n) is 16.6. The smallest absolute Gasteiger partial charge is 0.313 e. The largest absolute Gasteiger partial charge is 0.455 e. The molecule has 0 aromatic heterocycles. The lowest BCUT2D eigenvalue weighted by molar-refractivity contribution is -0.161. The summed E-state index contributed by atoms with van der Waals surface area (Å²) < 4.78 is 12.8. The van der Waals surface area contributed by atoms with Gasteiger partial charge in [-0.05, 0) is 43.7 Å². The number of aliphatic hydroxyl groups is 1. The van der Waals surface area contributed by atoms with Gasteiger partial charge in [0, 0.05) is 32.7 Å². The summed E-state index contributed by atoms with van der Waals surface area (Å²) in [4.78, 5) is 59.6. The van der Waals surface area contributed by atoms with Crippen molar-refractivity contribution in [3.8, 4) is 0 Å². The van der Waals surface area contributed by atoms with Crippen LogP contribution in [0.25, 0.3) is 0 Å². The first kappa shape index (κ1) is 32.7. The van der Waals surface area contributed by atoms with Gasteiger partial charge in [0.2, 0.25) is 17.7 Å². The average Bonchev–Trinajstić information content (AvgIpc) is 3.72. The number of rotatable bonds is 8. The maximum absolute atomic E-state index is 14.7. The molecule has 0 aliphatic carbocycles. The van der Waals surface area contributed by atoms with Crippen LogP contribution >= 0.6 is 0 Å². The van der Waals surface area contributed by atoms with Crippen molar-refractivity contribution in [3.05, 3.63) is 96.1 Å². The number of carbonyl (C=O) groups is 4. The SMILES string of the molecule is C[C@H]1NC(=O)CC/C=C\CN(Cc2ccccc2)C(=O)[C@@H]2N(CCCCCO)C(=O)[C@H]3[C@H](C(=O)O[C@@H]1c1ccccc1)[C@@H]1C=C[C@]23O1.